The van der Waals surface area contributed by atoms with Gasteiger partial charge in [-0.1, -0.05) is 32.1 Å². The third-order valence-electron chi connectivity index (χ3n) is 2.72. The molecule has 3 N–H and O–H groups in total. The van der Waals surface area contributed by atoms with Crippen LogP contribution in [0.3, 0.4) is 0 Å². The smallest absolute Gasteiger partial charge is 0.145 e. The average Bonchev–Trinajstić information content (AvgIpc) is 2.89. The molecule has 0 fully saturated rings. The predicted molar refractivity (Wildman–Crippen MR) is 83.4 cm³/mol. The van der Waals surface area contributed by atoms with Gasteiger partial charge < -0.3 is 11.1 Å². The van der Waals surface area contributed by atoms with Gasteiger partial charge in [0, 0.05) is 4.88 Å². The summed E-state index contributed by atoms with van der Waals surface area (Å²) in [5.74, 6) is 1.18. The topological polar surface area (TPSA) is 63.8 Å². The molecule has 0 aliphatic carbocycles. The maximum atomic E-state index is 5.50. The van der Waals surface area contributed by atoms with Crippen LogP contribution in [0.2, 0.25) is 0 Å². The molecular formula is C13H16N4S2. The summed E-state index contributed by atoms with van der Waals surface area (Å²) in [4.78, 5) is 10.0. The molecule has 0 aliphatic rings. The normalized spacial score (nSPS) is 12.4. The number of nitrogens with two attached hydrogens (primary N) is 1. The summed E-state index contributed by atoms with van der Waals surface area (Å²) < 4.78 is 0. The van der Waals surface area contributed by atoms with Gasteiger partial charge in [-0.25, -0.2) is 9.97 Å². The van der Waals surface area contributed by atoms with E-state index in [4.69, 9.17) is 18.0 Å². The van der Waals surface area contributed by atoms with Crippen molar-refractivity contribution in [3.63, 3.8) is 0 Å². The Balaban J connectivity index is 2.16. The highest BCUT2D eigenvalue weighted by Gasteiger charge is 2.17. The maximum Gasteiger partial charge on any atom is 0.145 e. The molecule has 0 aliphatic heterocycles. The van der Waals surface area contributed by atoms with E-state index in [1.165, 1.54) is 4.88 Å². The zero-order valence-electron chi connectivity index (χ0n) is 10.8. The van der Waals surface area contributed by atoms with Crippen molar-refractivity contribution in [3.05, 3.63) is 40.5 Å². The van der Waals surface area contributed by atoms with Gasteiger partial charge in [-0.15, -0.1) is 11.3 Å². The van der Waals surface area contributed by atoms with Crippen LogP contribution in [0.1, 0.15) is 30.5 Å². The minimum atomic E-state index is 0.227. The molecule has 0 spiro atoms. The molecule has 1 atom stereocenters. The summed E-state index contributed by atoms with van der Waals surface area (Å²) in [5, 5.41) is 5.48. The van der Waals surface area contributed by atoms with Gasteiger partial charge in [-0.3, -0.25) is 0 Å². The molecule has 0 saturated heterocycles. The van der Waals surface area contributed by atoms with E-state index >= 15 is 0 Å². The second-order valence-electron chi connectivity index (χ2n) is 4.53. The minimum Gasteiger partial charge on any atom is -0.388 e. The van der Waals surface area contributed by atoms with Gasteiger partial charge in [0.25, 0.3) is 0 Å². The number of thiophene rings is 1. The quantitative estimate of drug-likeness (QED) is 0.830. The molecule has 19 heavy (non-hydrogen) atoms. The van der Waals surface area contributed by atoms with E-state index in [9.17, 15) is 0 Å². The summed E-state index contributed by atoms with van der Waals surface area (Å²) in [5.41, 5.74) is 6.04. The molecule has 2 rings (SSSR count). The highest BCUT2D eigenvalue weighted by atomic mass is 32.1. The largest absolute Gasteiger partial charge is 0.388 e. The second kappa shape index (κ2) is 6.08. The third-order valence-corrected chi connectivity index (χ3v) is 3.89. The van der Waals surface area contributed by atoms with Crippen LogP contribution >= 0.6 is 23.6 Å². The lowest BCUT2D eigenvalue weighted by Gasteiger charge is -2.21. The summed E-state index contributed by atoms with van der Waals surface area (Å²) in [7, 11) is 0. The number of anilines is 1. The molecule has 100 valence electrons. The summed E-state index contributed by atoms with van der Waals surface area (Å²) in [6.07, 6.45) is 3.26. The predicted octanol–water partition coefficient (Wildman–Crippen LogP) is 2.98. The Morgan fingerprint density at radius 1 is 1.37 bits per heavy atom. The Morgan fingerprint density at radius 3 is 2.63 bits per heavy atom. The van der Waals surface area contributed by atoms with Gasteiger partial charge in [-0.05, 0) is 17.4 Å². The Bertz CT molecular complexity index is 534. The first kappa shape index (κ1) is 13.9. The van der Waals surface area contributed by atoms with Crippen molar-refractivity contribution in [2.75, 3.05) is 5.32 Å². The molecule has 0 aromatic carbocycles. The molecule has 0 amide bonds. The summed E-state index contributed by atoms with van der Waals surface area (Å²) >= 11 is 6.59. The van der Waals surface area contributed by atoms with Crippen LogP contribution < -0.4 is 11.1 Å². The van der Waals surface area contributed by atoms with Crippen LogP contribution in [0.4, 0.5) is 5.82 Å². The number of hydrogen-bond acceptors (Lipinski definition) is 5. The minimum absolute atomic E-state index is 0.227. The highest BCUT2D eigenvalue weighted by Crippen LogP contribution is 2.28. The first-order valence-corrected chi connectivity index (χ1v) is 7.28. The van der Waals surface area contributed by atoms with Crippen LogP contribution in [0.25, 0.3) is 0 Å². The van der Waals surface area contributed by atoms with E-state index in [0.717, 1.165) is 5.82 Å². The van der Waals surface area contributed by atoms with Crippen molar-refractivity contribution in [2.24, 2.45) is 11.7 Å². The number of thiocarbonyl (C=S) groups is 1. The number of nitrogens with zero attached hydrogens (tertiary/aromatic N) is 2. The van der Waals surface area contributed by atoms with E-state index in [0.29, 0.717) is 11.6 Å². The first-order valence-electron chi connectivity index (χ1n) is 5.99. The average molecular weight is 292 g/mol. The number of rotatable bonds is 5. The molecule has 2 heterocycles. The number of aromatic nitrogens is 2. The fraction of sp³-hybridized carbons (Fsp3) is 0.308. The SMILES string of the molecule is CC(C)C(Nc1cnc(C(N)=S)cn1)c1cccs1. The number of nitrogens with one attached hydrogen (secondary N) is 1. The maximum absolute atomic E-state index is 5.50. The Morgan fingerprint density at radius 2 is 2.16 bits per heavy atom. The lowest BCUT2D eigenvalue weighted by Crippen LogP contribution is -2.17. The molecule has 4 nitrogen and oxygen atoms in total. The second-order valence-corrected chi connectivity index (χ2v) is 5.95. The van der Waals surface area contributed by atoms with Crippen LogP contribution in [0, 0.1) is 5.92 Å². The van der Waals surface area contributed by atoms with E-state index in [-0.39, 0.29) is 11.0 Å². The molecule has 0 saturated carbocycles. The van der Waals surface area contributed by atoms with E-state index < -0.39 is 0 Å². The Kier molecular flexibility index (Phi) is 4.44. The molecule has 0 bridgehead atoms. The monoisotopic (exact) mass is 292 g/mol. The molecule has 1 unspecified atom stereocenters. The van der Waals surface area contributed by atoms with Gasteiger partial charge in [0.1, 0.15) is 16.5 Å². The fourth-order valence-corrected chi connectivity index (χ4v) is 2.78. The van der Waals surface area contributed by atoms with Crippen molar-refractivity contribution in [1.82, 2.24) is 9.97 Å². The van der Waals surface area contributed by atoms with Crippen molar-refractivity contribution in [3.8, 4) is 0 Å². The van der Waals surface area contributed by atoms with Crippen LogP contribution in [-0.4, -0.2) is 15.0 Å². The molecular weight excluding hydrogens is 276 g/mol. The lowest BCUT2D eigenvalue weighted by atomic mass is 10.0. The van der Waals surface area contributed by atoms with Crippen molar-refractivity contribution in [1.29, 1.82) is 0 Å². The zero-order chi connectivity index (χ0) is 13.8. The Labute approximate surface area is 122 Å². The summed E-state index contributed by atoms with van der Waals surface area (Å²) in [6, 6.07) is 4.41. The number of hydrogen-bond donors (Lipinski definition) is 2. The van der Waals surface area contributed by atoms with Crippen molar-refractivity contribution < 1.29 is 0 Å². The van der Waals surface area contributed by atoms with Gasteiger partial charge >= 0.3 is 0 Å². The first-order chi connectivity index (χ1) is 9.08. The summed E-state index contributed by atoms with van der Waals surface area (Å²) in [6.45, 7) is 4.35. The van der Waals surface area contributed by atoms with E-state index in [2.05, 4.69) is 46.6 Å². The van der Waals surface area contributed by atoms with Gasteiger partial charge in [-0.2, -0.15) is 0 Å². The molecule has 2 aromatic rings. The molecule has 6 heteroatoms. The lowest BCUT2D eigenvalue weighted by molar-refractivity contribution is 0.552. The van der Waals surface area contributed by atoms with Crippen LogP contribution in [0.15, 0.2) is 29.9 Å². The fourth-order valence-electron chi connectivity index (χ4n) is 1.72. The van der Waals surface area contributed by atoms with E-state index in [1.54, 1.807) is 23.7 Å². The van der Waals surface area contributed by atoms with Crippen molar-refractivity contribution in [2.45, 2.75) is 19.9 Å². The van der Waals surface area contributed by atoms with Gasteiger partial charge in [0.05, 0.1) is 18.4 Å². The van der Waals surface area contributed by atoms with Crippen molar-refractivity contribution >= 4 is 34.4 Å². The van der Waals surface area contributed by atoms with Crippen LogP contribution in [-0.2, 0) is 0 Å². The highest BCUT2D eigenvalue weighted by molar-refractivity contribution is 7.80. The third kappa shape index (κ3) is 3.48. The van der Waals surface area contributed by atoms with Crippen LogP contribution in [0.5, 0.6) is 0 Å². The standard InChI is InChI=1S/C13H16N4S2/c1-8(2)12(10-4-3-5-19-10)17-11-7-15-9(6-16-11)13(14)18/h3-8,12H,1-2H3,(H2,14,18)(H,16,17). The van der Waals surface area contributed by atoms with Gasteiger partial charge in [0.15, 0.2) is 0 Å². The van der Waals surface area contributed by atoms with Gasteiger partial charge in [0.2, 0.25) is 0 Å². The van der Waals surface area contributed by atoms with E-state index in [1.807, 2.05) is 0 Å². The molecule has 0 radical (unpaired) electrons. The molecule has 2 aromatic heterocycles. The Hall–Kier alpha value is -1.53. The zero-order valence-corrected chi connectivity index (χ0v) is 12.5.